The molecule has 0 bridgehead atoms. The van der Waals surface area contributed by atoms with E-state index in [0.717, 1.165) is 17.4 Å². The molecule has 0 fully saturated rings. The van der Waals surface area contributed by atoms with Gasteiger partial charge in [0.15, 0.2) is 0 Å². The van der Waals surface area contributed by atoms with E-state index in [9.17, 15) is 4.79 Å². The van der Waals surface area contributed by atoms with Gasteiger partial charge in [0.1, 0.15) is 6.29 Å². The van der Waals surface area contributed by atoms with Crippen LogP contribution in [0.3, 0.4) is 0 Å². The molecule has 0 N–H and O–H groups in total. The second-order valence-corrected chi connectivity index (χ2v) is 3.50. The third-order valence-electron chi connectivity index (χ3n) is 1.99. The van der Waals surface area contributed by atoms with E-state index in [4.69, 9.17) is 4.74 Å². The number of rotatable bonds is 5. The minimum Gasteiger partial charge on any atom is -0.374 e. The topological polar surface area (TPSA) is 26.3 Å². The fourth-order valence-corrected chi connectivity index (χ4v) is 1.24. The summed E-state index contributed by atoms with van der Waals surface area (Å²) >= 11 is 0. The van der Waals surface area contributed by atoms with Crippen LogP contribution in [0.5, 0.6) is 0 Å². The van der Waals surface area contributed by atoms with Crippen molar-refractivity contribution >= 4 is 6.29 Å². The van der Waals surface area contributed by atoms with Gasteiger partial charge in [-0.25, -0.2) is 0 Å². The van der Waals surface area contributed by atoms with Crippen molar-refractivity contribution in [1.82, 2.24) is 0 Å². The van der Waals surface area contributed by atoms with E-state index in [-0.39, 0.29) is 6.10 Å². The third kappa shape index (κ3) is 3.30. The molecule has 0 radical (unpaired) electrons. The third-order valence-corrected chi connectivity index (χ3v) is 1.99. The van der Waals surface area contributed by atoms with Crippen LogP contribution in [0.2, 0.25) is 0 Å². The van der Waals surface area contributed by atoms with Crippen LogP contribution in [0, 0.1) is 0 Å². The zero-order chi connectivity index (χ0) is 10.4. The van der Waals surface area contributed by atoms with E-state index in [2.05, 4.69) is 0 Å². The SMILES string of the molecule is CC(C)OCc1ccccc1CC=O. The molecule has 0 aromatic heterocycles. The van der Waals surface area contributed by atoms with Crippen molar-refractivity contribution in [2.75, 3.05) is 0 Å². The summed E-state index contributed by atoms with van der Waals surface area (Å²) in [6.45, 7) is 4.59. The van der Waals surface area contributed by atoms with Gasteiger partial charge in [-0.1, -0.05) is 24.3 Å². The molecule has 0 unspecified atom stereocenters. The Hall–Kier alpha value is -1.15. The predicted molar refractivity (Wildman–Crippen MR) is 56.1 cm³/mol. The van der Waals surface area contributed by atoms with Crippen LogP contribution >= 0.6 is 0 Å². The van der Waals surface area contributed by atoms with E-state index in [1.807, 2.05) is 38.1 Å². The number of hydrogen-bond donors (Lipinski definition) is 0. The summed E-state index contributed by atoms with van der Waals surface area (Å²) in [6, 6.07) is 7.87. The normalized spacial score (nSPS) is 10.5. The van der Waals surface area contributed by atoms with Gasteiger partial charge in [0.2, 0.25) is 0 Å². The second-order valence-electron chi connectivity index (χ2n) is 3.50. The molecule has 1 rings (SSSR count). The van der Waals surface area contributed by atoms with E-state index in [0.29, 0.717) is 13.0 Å². The minimum atomic E-state index is 0.222. The molecule has 0 atom stereocenters. The van der Waals surface area contributed by atoms with Gasteiger partial charge in [-0.15, -0.1) is 0 Å². The maximum absolute atomic E-state index is 10.4. The van der Waals surface area contributed by atoms with Crippen LogP contribution in [0.25, 0.3) is 0 Å². The van der Waals surface area contributed by atoms with Crippen LogP contribution in [0.4, 0.5) is 0 Å². The van der Waals surface area contributed by atoms with E-state index < -0.39 is 0 Å². The lowest BCUT2D eigenvalue weighted by Gasteiger charge is -2.10. The van der Waals surface area contributed by atoms with Gasteiger partial charge in [0, 0.05) is 6.42 Å². The molecule has 1 aromatic rings. The van der Waals surface area contributed by atoms with Crippen LogP contribution in [-0.4, -0.2) is 12.4 Å². The second kappa shape index (κ2) is 5.55. The molecule has 1 aromatic carbocycles. The number of hydrogen-bond acceptors (Lipinski definition) is 2. The number of aldehydes is 1. The Labute approximate surface area is 84.9 Å². The van der Waals surface area contributed by atoms with Crippen LogP contribution in [0.1, 0.15) is 25.0 Å². The summed E-state index contributed by atoms with van der Waals surface area (Å²) in [5, 5.41) is 0. The molecule has 0 saturated heterocycles. The van der Waals surface area contributed by atoms with Crippen molar-refractivity contribution in [1.29, 1.82) is 0 Å². The van der Waals surface area contributed by atoms with Crippen molar-refractivity contribution in [2.24, 2.45) is 0 Å². The molecule has 0 aliphatic rings. The molecule has 14 heavy (non-hydrogen) atoms. The molecule has 0 spiro atoms. The van der Waals surface area contributed by atoms with Gasteiger partial charge in [-0.3, -0.25) is 0 Å². The molecule has 0 aliphatic heterocycles. The summed E-state index contributed by atoms with van der Waals surface area (Å²) in [5.74, 6) is 0. The van der Waals surface area contributed by atoms with Crippen molar-refractivity contribution < 1.29 is 9.53 Å². The zero-order valence-electron chi connectivity index (χ0n) is 8.69. The first-order chi connectivity index (χ1) is 6.74. The van der Waals surface area contributed by atoms with E-state index in [1.165, 1.54) is 0 Å². The summed E-state index contributed by atoms with van der Waals surface area (Å²) in [4.78, 5) is 10.4. The molecule has 76 valence electrons. The lowest BCUT2D eigenvalue weighted by atomic mass is 10.1. The summed E-state index contributed by atoms with van der Waals surface area (Å²) in [6.07, 6.45) is 1.62. The Kier molecular flexibility index (Phi) is 4.33. The van der Waals surface area contributed by atoms with Crippen LogP contribution in [0.15, 0.2) is 24.3 Å². The van der Waals surface area contributed by atoms with Gasteiger partial charge >= 0.3 is 0 Å². The summed E-state index contributed by atoms with van der Waals surface area (Å²) in [5.41, 5.74) is 2.16. The standard InChI is InChI=1S/C12H16O2/c1-10(2)14-9-12-6-4-3-5-11(12)7-8-13/h3-6,8,10H,7,9H2,1-2H3. The highest BCUT2D eigenvalue weighted by Gasteiger charge is 2.02. The maximum Gasteiger partial charge on any atom is 0.124 e. The van der Waals surface area contributed by atoms with E-state index in [1.54, 1.807) is 0 Å². The number of carbonyl (C=O) groups is 1. The lowest BCUT2D eigenvalue weighted by molar-refractivity contribution is -0.107. The highest BCUT2D eigenvalue weighted by Crippen LogP contribution is 2.10. The Morgan fingerprint density at radius 2 is 1.93 bits per heavy atom. The quantitative estimate of drug-likeness (QED) is 0.669. The zero-order valence-corrected chi connectivity index (χ0v) is 8.69. The molecular weight excluding hydrogens is 176 g/mol. The lowest BCUT2D eigenvalue weighted by Crippen LogP contribution is -2.04. The molecule has 0 aliphatic carbocycles. The Morgan fingerprint density at radius 3 is 2.50 bits per heavy atom. The van der Waals surface area contributed by atoms with E-state index >= 15 is 0 Å². The molecule has 2 nitrogen and oxygen atoms in total. The minimum absolute atomic E-state index is 0.222. The van der Waals surface area contributed by atoms with Crippen molar-refractivity contribution in [3.63, 3.8) is 0 Å². The van der Waals surface area contributed by atoms with Gasteiger partial charge in [0.25, 0.3) is 0 Å². The highest BCUT2D eigenvalue weighted by molar-refractivity contribution is 5.56. The Balaban J connectivity index is 2.68. The van der Waals surface area contributed by atoms with Crippen molar-refractivity contribution in [3.05, 3.63) is 35.4 Å². The molecule has 0 amide bonds. The van der Waals surface area contributed by atoms with Crippen LogP contribution < -0.4 is 0 Å². The first-order valence-electron chi connectivity index (χ1n) is 4.86. The average molecular weight is 192 g/mol. The number of ether oxygens (including phenoxy) is 1. The summed E-state index contributed by atoms with van der Waals surface area (Å²) in [7, 11) is 0. The fourth-order valence-electron chi connectivity index (χ4n) is 1.24. The van der Waals surface area contributed by atoms with Gasteiger partial charge in [0.05, 0.1) is 12.7 Å². The molecule has 2 heteroatoms. The Morgan fingerprint density at radius 1 is 1.29 bits per heavy atom. The highest BCUT2D eigenvalue weighted by atomic mass is 16.5. The van der Waals surface area contributed by atoms with Crippen molar-refractivity contribution in [2.45, 2.75) is 33.0 Å². The fraction of sp³-hybridized carbons (Fsp3) is 0.417. The van der Waals surface area contributed by atoms with Gasteiger partial charge in [-0.05, 0) is 25.0 Å². The first kappa shape index (κ1) is 10.9. The van der Waals surface area contributed by atoms with Gasteiger partial charge in [-0.2, -0.15) is 0 Å². The number of carbonyl (C=O) groups excluding carboxylic acids is 1. The molecule has 0 heterocycles. The summed E-state index contributed by atoms with van der Waals surface area (Å²) < 4.78 is 5.50. The van der Waals surface area contributed by atoms with Gasteiger partial charge < -0.3 is 9.53 Å². The smallest absolute Gasteiger partial charge is 0.124 e. The predicted octanol–water partition coefficient (Wildman–Crippen LogP) is 2.35. The maximum atomic E-state index is 10.4. The van der Waals surface area contributed by atoms with Crippen molar-refractivity contribution in [3.8, 4) is 0 Å². The molecular formula is C12H16O2. The van der Waals surface area contributed by atoms with Crippen LogP contribution in [-0.2, 0) is 22.6 Å². The first-order valence-corrected chi connectivity index (χ1v) is 4.86. The average Bonchev–Trinajstić information content (AvgIpc) is 2.17. The molecule has 0 saturated carbocycles. The monoisotopic (exact) mass is 192 g/mol. The Bertz CT molecular complexity index is 292. The number of benzene rings is 1. The largest absolute Gasteiger partial charge is 0.374 e.